The molecule has 0 heterocycles. The Balaban J connectivity index is 3.14. The number of carbonyl (C=O) groups excluding carboxylic acids is 1. The molecule has 1 aromatic rings. The van der Waals surface area contributed by atoms with Crippen molar-refractivity contribution in [2.24, 2.45) is 0 Å². The van der Waals surface area contributed by atoms with Gasteiger partial charge >= 0.3 is 6.18 Å². The van der Waals surface area contributed by atoms with Crippen LogP contribution in [0.5, 0.6) is 0 Å². The molecule has 17 heavy (non-hydrogen) atoms. The summed E-state index contributed by atoms with van der Waals surface area (Å²) in [4.78, 5) is 20.4. The number of ketones is 1. The van der Waals surface area contributed by atoms with Crippen LogP contribution in [0, 0.1) is 10.1 Å². The normalized spacial score (nSPS) is 11.3. The van der Waals surface area contributed by atoms with Crippen LogP contribution in [-0.4, -0.2) is 16.9 Å². The minimum atomic E-state index is -5.03. The fourth-order valence-electron chi connectivity index (χ4n) is 1.15. The van der Waals surface area contributed by atoms with Gasteiger partial charge in [0.15, 0.2) is 0 Å². The Hall–Kier alpha value is -1.63. The third-order valence-electron chi connectivity index (χ3n) is 1.94. The maximum Gasteiger partial charge on any atom is 0.450 e. The summed E-state index contributed by atoms with van der Waals surface area (Å²) < 4.78 is 36.1. The van der Waals surface area contributed by atoms with Crippen molar-refractivity contribution >= 4 is 23.1 Å². The molecular formula is C9H5ClF3NO3. The Morgan fingerprint density at radius 2 is 2.00 bits per heavy atom. The van der Waals surface area contributed by atoms with E-state index in [1.807, 2.05) is 0 Å². The van der Waals surface area contributed by atoms with E-state index in [1.165, 1.54) is 12.1 Å². The predicted octanol–water partition coefficient (Wildman–Crippen LogP) is 2.92. The fraction of sp³-hybridized carbons (Fsp3) is 0.222. The second-order valence-corrected chi connectivity index (χ2v) is 3.50. The zero-order chi connectivity index (χ0) is 13.2. The molecule has 8 heteroatoms. The molecule has 0 unspecified atom stereocenters. The van der Waals surface area contributed by atoms with Crippen LogP contribution in [-0.2, 0) is 11.2 Å². The van der Waals surface area contributed by atoms with Crippen LogP contribution in [0.25, 0.3) is 0 Å². The van der Waals surface area contributed by atoms with E-state index in [4.69, 9.17) is 11.6 Å². The van der Waals surface area contributed by atoms with Crippen molar-refractivity contribution in [3.8, 4) is 0 Å². The molecule has 0 spiro atoms. The van der Waals surface area contributed by atoms with Gasteiger partial charge in [0.1, 0.15) is 0 Å². The first-order chi connectivity index (χ1) is 7.73. The van der Waals surface area contributed by atoms with Crippen molar-refractivity contribution in [3.05, 3.63) is 38.9 Å². The molecule has 0 aromatic heterocycles. The van der Waals surface area contributed by atoms with Crippen molar-refractivity contribution in [2.75, 3.05) is 0 Å². The van der Waals surface area contributed by atoms with E-state index in [1.54, 1.807) is 0 Å². The van der Waals surface area contributed by atoms with Crippen LogP contribution >= 0.6 is 11.6 Å². The average molecular weight is 268 g/mol. The number of benzene rings is 1. The number of rotatable bonds is 3. The van der Waals surface area contributed by atoms with E-state index >= 15 is 0 Å². The summed E-state index contributed by atoms with van der Waals surface area (Å²) in [5, 5.41) is 10.3. The maximum absolute atomic E-state index is 12.0. The molecule has 0 aliphatic carbocycles. The number of nitrogens with zero attached hydrogens (tertiary/aromatic N) is 1. The van der Waals surface area contributed by atoms with Gasteiger partial charge in [0.2, 0.25) is 5.78 Å². The van der Waals surface area contributed by atoms with Gasteiger partial charge in [0, 0.05) is 12.5 Å². The van der Waals surface area contributed by atoms with Crippen molar-refractivity contribution in [3.63, 3.8) is 0 Å². The lowest BCUT2D eigenvalue weighted by atomic mass is 10.1. The minimum absolute atomic E-state index is 0.239. The Labute approximate surface area is 98.1 Å². The number of hydrogen-bond donors (Lipinski definition) is 0. The topological polar surface area (TPSA) is 60.2 Å². The second kappa shape index (κ2) is 4.70. The summed E-state index contributed by atoms with van der Waals surface area (Å²) in [5.74, 6) is -2.08. The van der Waals surface area contributed by atoms with Crippen molar-refractivity contribution < 1.29 is 22.9 Å². The second-order valence-electron chi connectivity index (χ2n) is 3.09. The van der Waals surface area contributed by atoms with Crippen molar-refractivity contribution in [2.45, 2.75) is 12.6 Å². The van der Waals surface area contributed by atoms with Crippen LogP contribution in [0.2, 0.25) is 5.02 Å². The third-order valence-corrected chi connectivity index (χ3v) is 2.30. The number of nitro benzene ring substituents is 1. The molecule has 0 saturated heterocycles. The highest BCUT2D eigenvalue weighted by molar-refractivity contribution is 6.31. The Morgan fingerprint density at radius 1 is 1.41 bits per heavy atom. The summed E-state index contributed by atoms with van der Waals surface area (Å²) >= 11 is 5.54. The van der Waals surface area contributed by atoms with E-state index in [9.17, 15) is 28.1 Å². The molecule has 0 saturated carbocycles. The largest absolute Gasteiger partial charge is 0.450 e. The monoisotopic (exact) mass is 267 g/mol. The minimum Gasteiger partial charge on any atom is -0.289 e. The van der Waals surface area contributed by atoms with Gasteiger partial charge in [-0.2, -0.15) is 13.2 Å². The smallest absolute Gasteiger partial charge is 0.289 e. The van der Waals surface area contributed by atoms with Crippen LogP contribution in [0.3, 0.4) is 0 Å². The quantitative estimate of drug-likeness (QED) is 0.625. The van der Waals surface area contributed by atoms with Crippen LogP contribution < -0.4 is 0 Å². The van der Waals surface area contributed by atoms with Gasteiger partial charge < -0.3 is 0 Å². The lowest BCUT2D eigenvalue weighted by molar-refractivity contribution is -0.385. The number of alkyl halides is 3. The fourth-order valence-corrected chi connectivity index (χ4v) is 1.39. The summed E-state index contributed by atoms with van der Waals surface area (Å²) in [7, 11) is 0. The highest BCUT2D eigenvalue weighted by Gasteiger charge is 2.39. The van der Waals surface area contributed by atoms with Gasteiger partial charge in [-0.05, 0) is 6.07 Å². The highest BCUT2D eigenvalue weighted by Crippen LogP contribution is 2.29. The predicted molar refractivity (Wildman–Crippen MR) is 52.9 cm³/mol. The van der Waals surface area contributed by atoms with E-state index < -0.39 is 34.6 Å². The molecule has 0 fully saturated rings. The van der Waals surface area contributed by atoms with Gasteiger partial charge in [-0.1, -0.05) is 17.7 Å². The lowest BCUT2D eigenvalue weighted by Crippen LogP contribution is -2.25. The van der Waals surface area contributed by atoms with Gasteiger partial charge in [0.25, 0.3) is 5.69 Å². The van der Waals surface area contributed by atoms with Crippen LogP contribution in [0.15, 0.2) is 18.2 Å². The summed E-state index contributed by atoms with van der Waals surface area (Å²) in [6.07, 6.45) is -6.17. The molecule has 0 radical (unpaired) electrons. The maximum atomic E-state index is 12.0. The zero-order valence-corrected chi connectivity index (χ0v) is 8.88. The first kappa shape index (κ1) is 13.4. The molecule has 0 atom stereocenters. The molecule has 1 aromatic carbocycles. The number of Topliss-reactive ketones (excluding diaryl/α,β-unsaturated/α-hetero) is 1. The molecule has 0 aliphatic rings. The number of halogens is 4. The first-order valence-electron chi connectivity index (χ1n) is 4.25. The molecule has 4 nitrogen and oxygen atoms in total. The average Bonchev–Trinajstić information content (AvgIpc) is 2.18. The first-order valence-corrected chi connectivity index (χ1v) is 4.63. The summed E-state index contributed by atoms with van der Waals surface area (Å²) in [6, 6.07) is 3.40. The van der Waals surface area contributed by atoms with Gasteiger partial charge in [0.05, 0.1) is 15.5 Å². The zero-order valence-electron chi connectivity index (χ0n) is 8.12. The summed E-state index contributed by atoms with van der Waals surface area (Å²) in [5.41, 5.74) is -1.03. The summed E-state index contributed by atoms with van der Waals surface area (Å²) in [6.45, 7) is 0. The number of nitro groups is 1. The number of hydrogen-bond acceptors (Lipinski definition) is 3. The van der Waals surface area contributed by atoms with Gasteiger partial charge in [-0.25, -0.2) is 0 Å². The van der Waals surface area contributed by atoms with Crippen LogP contribution in [0.4, 0.5) is 18.9 Å². The van der Waals surface area contributed by atoms with Crippen molar-refractivity contribution in [1.82, 2.24) is 0 Å². The Bertz CT molecular complexity index is 473. The van der Waals surface area contributed by atoms with E-state index in [2.05, 4.69) is 0 Å². The van der Waals surface area contributed by atoms with Gasteiger partial charge in [-0.15, -0.1) is 0 Å². The molecule has 92 valence electrons. The Kier molecular flexibility index (Phi) is 3.72. The lowest BCUT2D eigenvalue weighted by Gasteiger charge is -2.07. The molecule has 1 rings (SSSR count). The van der Waals surface area contributed by atoms with Crippen molar-refractivity contribution in [1.29, 1.82) is 0 Å². The van der Waals surface area contributed by atoms with E-state index in [-0.39, 0.29) is 5.02 Å². The van der Waals surface area contributed by atoms with E-state index in [0.29, 0.717) is 0 Å². The molecule has 0 amide bonds. The molecule has 0 N–H and O–H groups in total. The third kappa shape index (κ3) is 3.16. The standard InChI is InChI=1S/C9H5ClF3NO3/c10-6-2-1-3-7(14(16)17)5(6)4-8(15)9(11,12)13/h1-3H,4H2. The highest BCUT2D eigenvalue weighted by atomic mass is 35.5. The van der Waals surface area contributed by atoms with E-state index in [0.717, 1.165) is 6.07 Å². The Morgan fingerprint density at radius 3 is 2.47 bits per heavy atom. The molecule has 0 aliphatic heterocycles. The molecule has 0 bridgehead atoms. The van der Waals surface area contributed by atoms with Gasteiger partial charge in [-0.3, -0.25) is 14.9 Å². The number of carbonyl (C=O) groups is 1. The molecular weight excluding hydrogens is 263 g/mol. The van der Waals surface area contributed by atoms with Crippen LogP contribution in [0.1, 0.15) is 5.56 Å². The SMILES string of the molecule is O=C(Cc1c(Cl)cccc1[N+](=O)[O-])C(F)(F)F.